The predicted octanol–water partition coefficient (Wildman–Crippen LogP) is 4.00. The first kappa shape index (κ1) is 16.2. The molecule has 112 valence electrons. The zero-order valence-corrected chi connectivity index (χ0v) is 13.7. The Hall–Kier alpha value is -1.14. The Morgan fingerprint density at radius 1 is 1.38 bits per heavy atom. The highest BCUT2D eigenvalue weighted by molar-refractivity contribution is 9.10. The van der Waals surface area contributed by atoms with Crippen molar-refractivity contribution in [1.29, 1.82) is 0 Å². The summed E-state index contributed by atoms with van der Waals surface area (Å²) >= 11 is 9.42. The van der Waals surface area contributed by atoms with Crippen LogP contribution in [0.4, 0.5) is 4.39 Å². The van der Waals surface area contributed by atoms with Crippen molar-refractivity contribution in [1.82, 2.24) is 5.43 Å². The Morgan fingerprint density at radius 2 is 2.14 bits per heavy atom. The van der Waals surface area contributed by atoms with Gasteiger partial charge in [-0.2, -0.15) is 0 Å². The molecule has 2 rings (SSSR count). The van der Waals surface area contributed by atoms with Crippen molar-refractivity contribution in [2.24, 2.45) is 5.84 Å². The molecule has 0 saturated heterocycles. The van der Waals surface area contributed by atoms with Crippen molar-refractivity contribution in [2.75, 3.05) is 7.11 Å². The first-order valence-electron chi connectivity index (χ1n) is 6.29. The zero-order chi connectivity index (χ0) is 15.4. The summed E-state index contributed by atoms with van der Waals surface area (Å²) in [6, 6.07) is 10.2. The van der Waals surface area contributed by atoms with Gasteiger partial charge in [0.1, 0.15) is 11.6 Å². The lowest BCUT2D eigenvalue weighted by Crippen LogP contribution is -2.29. The molecule has 1 atom stereocenters. The minimum atomic E-state index is -0.430. The molecule has 0 heterocycles. The molecule has 0 saturated carbocycles. The third-order valence-corrected chi connectivity index (χ3v) is 4.28. The van der Waals surface area contributed by atoms with Gasteiger partial charge in [-0.3, -0.25) is 11.3 Å². The van der Waals surface area contributed by atoms with Gasteiger partial charge in [-0.1, -0.05) is 29.8 Å². The van der Waals surface area contributed by atoms with E-state index in [0.717, 1.165) is 15.8 Å². The van der Waals surface area contributed by atoms with Crippen molar-refractivity contribution < 1.29 is 9.13 Å². The van der Waals surface area contributed by atoms with Gasteiger partial charge < -0.3 is 4.74 Å². The topological polar surface area (TPSA) is 47.3 Å². The normalized spacial score (nSPS) is 12.2. The van der Waals surface area contributed by atoms with Gasteiger partial charge in [0.05, 0.1) is 22.6 Å². The van der Waals surface area contributed by atoms with Gasteiger partial charge in [-0.15, -0.1) is 0 Å². The number of hydrogen-bond acceptors (Lipinski definition) is 3. The molecule has 21 heavy (non-hydrogen) atoms. The lowest BCUT2D eigenvalue weighted by molar-refractivity contribution is 0.411. The molecule has 2 aromatic carbocycles. The fourth-order valence-electron chi connectivity index (χ4n) is 2.10. The Balaban J connectivity index is 2.28. The van der Waals surface area contributed by atoms with Crippen molar-refractivity contribution in [3.05, 3.63) is 62.8 Å². The first-order chi connectivity index (χ1) is 10.1. The van der Waals surface area contributed by atoms with Crippen molar-refractivity contribution in [2.45, 2.75) is 12.5 Å². The predicted molar refractivity (Wildman–Crippen MR) is 85.9 cm³/mol. The molecule has 0 aliphatic carbocycles. The minimum Gasteiger partial charge on any atom is -0.496 e. The number of nitrogens with two attached hydrogens (primary N) is 1. The molecule has 1 unspecified atom stereocenters. The Bertz CT molecular complexity index is 639. The molecule has 0 spiro atoms. The maximum absolute atomic E-state index is 13.5. The third-order valence-electron chi connectivity index (χ3n) is 3.24. The summed E-state index contributed by atoms with van der Waals surface area (Å²) in [5.74, 6) is 5.93. The van der Waals surface area contributed by atoms with Gasteiger partial charge in [0.15, 0.2) is 0 Å². The number of hydrogen-bond donors (Lipinski definition) is 2. The van der Waals surface area contributed by atoms with Crippen LogP contribution in [-0.2, 0) is 6.42 Å². The summed E-state index contributed by atoms with van der Waals surface area (Å²) in [5, 5.41) is 0.130. The first-order valence-corrected chi connectivity index (χ1v) is 7.46. The standard InChI is InChI=1S/C15H15BrClFN2O/c1-21-14-6-5-9(7-11(14)16)13(20-19)8-10-3-2-4-12(18)15(10)17/h2-7,13,20H,8,19H2,1H3. The summed E-state index contributed by atoms with van der Waals surface area (Å²) in [6.45, 7) is 0. The maximum Gasteiger partial charge on any atom is 0.142 e. The van der Waals surface area contributed by atoms with E-state index in [2.05, 4.69) is 21.4 Å². The smallest absolute Gasteiger partial charge is 0.142 e. The van der Waals surface area contributed by atoms with Crippen LogP contribution in [0.1, 0.15) is 17.2 Å². The molecular weight excluding hydrogens is 359 g/mol. The van der Waals surface area contributed by atoms with E-state index < -0.39 is 5.82 Å². The molecule has 0 aliphatic rings. The Morgan fingerprint density at radius 3 is 2.76 bits per heavy atom. The fraction of sp³-hybridized carbons (Fsp3) is 0.200. The van der Waals surface area contributed by atoms with E-state index in [0.29, 0.717) is 12.0 Å². The number of hydrazine groups is 1. The molecule has 0 fully saturated rings. The van der Waals surface area contributed by atoms with E-state index >= 15 is 0 Å². The van der Waals surface area contributed by atoms with E-state index in [1.807, 2.05) is 18.2 Å². The van der Waals surface area contributed by atoms with Crippen LogP contribution >= 0.6 is 27.5 Å². The SMILES string of the molecule is COc1ccc(C(Cc2cccc(F)c2Cl)NN)cc1Br. The van der Waals surface area contributed by atoms with Gasteiger partial charge in [0.25, 0.3) is 0 Å². The van der Waals surface area contributed by atoms with Crippen LogP contribution < -0.4 is 16.0 Å². The Labute approximate surface area is 136 Å². The lowest BCUT2D eigenvalue weighted by atomic mass is 9.99. The lowest BCUT2D eigenvalue weighted by Gasteiger charge is -2.18. The average Bonchev–Trinajstić information content (AvgIpc) is 2.48. The van der Waals surface area contributed by atoms with Crippen LogP contribution in [0.5, 0.6) is 5.75 Å². The van der Waals surface area contributed by atoms with Gasteiger partial charge >= 0.3 is 0 Å². The van der Waals surface area contributed by atoms with Crippen molar-refractivity contribution >= 4 is 27.5 Å². The summed E-state index contributed by atoms with van der Waals surface area (Å²) in [6.07, 6.45) is 0.478. The monoisotopic (exact) mass is 372 g/mol. The van der Waals surface area contributed by atoms with Crippen LogP contribution in [0.2, 0.25) is 5.02 Å². The summed E-state index contributed by atoms with van der Waals surface area (Å²) < 4.78 is 19.5. The Kier molecular flexibility index (Phi) is 5.58. The molecule has 3 nitrogen and oxygen atoms in total. The second-order valence-electron chi connectivity index (χ2n) is 4.53. The van der Waals surface area contributed by atoms with Crippen LogP contribution in [0.3, 0.4) is 0 Å². The van der Waals surface area contributed by atoms with Crippen molar-refractivity contribution in [3.8, 4) is 5.75 Å². The van der Waals surface area contributed by atoms with E-state index in [4.69, 9.17) is 22.2 Å². The largest absolute Gasteiger partial charge is 0.496 e. The molecule has 2 aromatic rings. The van der Waals surface area contributed by atoms with Gasteiger partial charge in [0.2, 0.25) is 0 Å². The van der Waals surface area contributed by atoms with Crippen LogP contribution in [0.25, 0.3) is 0 Å². The van der Waals surface area contributed by atoms with Crippen LogP contribution in [0.15, 0.2) is 40.9 Å². The van der Waals surface area contributed by atoms with E-state index in [1.54, 1.807) is 19.2 Å². The van der Waals surface area contributed by atoms with E-state index in [-0.39, 0.29) is 11.1 Å². The summed E-state index contributed by atoms with van der Waals surface area (Å²) in [5.41, 5.74) is 4.39. The molecule has 3 N–H and O–H groups in total. The average molecular weight is 374 g/mol. The maximum atomic E-state index is 13.5. The molecule has 0 amide bonds. The highest BCUT2D eigenvalue weighted by Crippen LogP contribution is 2.30. The number of rotatable bonds is 5. The third kappa shape index (κ3) is 3.74. The molecule has 0 bridgehead atoms. The zero-order valence-electron chi connectivity index (χ0n) is 11.4. The number of halogens is 3. The summed E-state index contributed by atoms with van der Waals surface area (Å²) in [7, 11) is 1.60. The van der Waals surface area contributed by atoms with E-state index in [9.17, 15) is 4.39 Å². The highest BCUT2D eigenvalue weighted by Gasteiger charge is 2.15. The molecule has 6 heteroatoms. The van der Waals surface area contributed by atoms with E-state index in [1.165, 1.54) is 6.07 Å². The van der Waals surface area contributed by atoms with Crippen LogP contribution in [0, 0.1) is 5.82 Å². The quantitative estimate of drug-likeness (QED) is 0.615. The minimum absolute atomic E-state index is 0.130. The van der Waals surface area contributed by atoms with Crippen molar-refractivity contribution in [3.63, 3.8) is 0 Å². The number of methoxy groups -OCH3 is 1. The molecular formula is C15H15BrClFN2O. The summed E-state index contributed by atoms with van der Waals surface area (Å²) in [4.78, 5) is 0. The second kappa shape index (κ2) is 7.22. The second-order valence-corrected chi connectivity index (χ2v) is 5.76. The van der Waals surface area contributed by atoms with Crippen LogP contribution in [-0.4, -0.2) is 7.11 Å². The molecule has 0 aromatic heterocycles. The van der Waals surface area contributed by atoms with Gasteiger partial charge in [-0.25, -0.2) is 4.39 Å². The highest BCUT2D eigenvalue weighted by atomic mass is 79.9. The van der Waals surface area contributed by atoms with Gasteiger partial charge in [-0.05, 0) is 51.7 Å². The number of benzene rings is 2. The molecule has 0 radical (unpaired) electrons. The molecule has 0 aliphatic heterocycles. The fourth-order valence-corrected chi connectivity index (χ4v) is 2.86. The van der Waals surface area contributed by atoms with Gasteiger partial charge in [0, 0.05) is 0 Å². The number of ether oxygens (including phenoxy) is 1. The number of nitrogens with one attached hydrogen (secondary N) is 1.